The number of hydrogen-bond acceptors (Lipinski definition) is 7. The largest absolute Gasteiger partial charge is 0.544 e. The SMILES string of the molecule is CC/C=C/C/C=C/C/C=C/C/C=C/C/C=C/C/C=C/CCCCCCC(=O)OC(COCCC(C(=O)[O-])[N+](C)(C)C)COC(=O)CCCC/C=C/C/C=C/C/C=C/C/C=C/C/C=C/C/C=C/CC. The number of likely N-dealkylation sites (N-methyl/N-ethyl adjacent to an activating group) is 1. The van der Waals surface area contributed by atoms with Gasteiger partial charge in [-0.15, -0.1) is 0 Å². The number of nitrogens with zero attached hydrogens (tertiary/aromatic N) is 1. The Hall–Kier alpha value is -4.79. The van der Waals surface area contributed by atoms with E-state index in [9.17, 15) is 19.5 Å². The Bertz CT molecular complexity index is 1610. The Labute approximate surface area is 415 Å². The molecule has 2 unspecified atom stereocenters. The molecule has 0 spiro atoms. The second-order valence-corrected chi connectivity index (χ2v) is 17.6. The van der Waals surface area contributed by atoms with E-state index in [1.807, 2.05) is 0 Å². The number of ether oxygens (including phenoxy) is 3. The average Bonchev–Trinajstić information content (AvgIpc) is 3.30. The summed E-state index contributed by atoms with van der Waals surface area (Å²) in [5.41, 5.74) is 0. The van der Waals surface area contributed by atoms with Crippen molar-refractivity contribution in [1.82, 2.24) is 0 Å². The maximum Gasteiger partial charge on any atom is 0.306 e. The van der Waals surface area contributed by atoms with Gasteiger partial charge in [0.15, 0.2) is 6.10 Å². The van der Waals surface area contributed by atoms with Gasteiger partial charge in [0.2, 0.25) is 0 Å². The number of carboxylic acid groups (broad SMARTS) is 1. The highest BCUT2D eigenvalue weighted by atomic mass is 16.6. The summed E-state index contributed by atoms with van der Waals surface area (Å²) in [6, 6.07) is -0.749. The van der Waals surface area contributed by atoms with Gasteiger partial charge in [-0.3, -0.25) is 9.59 Å². The normalized spacial score (nSPS) is 14.1. The molecule has 8 heteroatoms. The molecular formula is C60H93NO7. The van der Waals surface area contributed by atoms with Crippen LogP contribution in [0.5, 0.6) is 0 Å². The van der Waals surface area contributed by atoms with Crippen LogP contribution >= 0.6 is 0 Å². The van der Waals surface area contributed by atoms with Gasteiger partial charge in [0.25, 0.3) is 0 Å². The van der Waals surface area contributed by atoms with Crippen molar-refractivity contribution in [2.45, 2.75) is 174 Å². The molecule has 8 nitrogen and oxygen atoms in total. The predicted octanol–water partition coefficient (Wildman–Crippen LogP) is 14.0. The number of carboxylic acids is 1. The third-order valence-electron chi connectivity index (χ3n) is 10.5. The lowest BCUT2D eigenvalue weighted by Gasteiger charge is -2.34. The molecule has 0 aliphatic rings. The molecule has 0 amide bonds. The van der Waals surface area contributed by atoms with E-state index >= 15 is 0 Å². The summed E-state index contributed by atoms with van der Waals surface area (Å²) in [5, 5.41) is 11.7. The van der Waals surface area contributed by atoms with Crippen molar-refractivity contribution >= 4 is 17.9 Å². The summed E-state index contributed by atoms with van der Waals surface area (Å²) in [6.45, 7) is 4.33. The highest BCUT2D eigenvalue weighted by Crippen LogP contribution is 2.12. The van der Waals surface area contributed by atoms with Crippen molar-refractivity contribution in [3.05, 3.63) is 146 Å². The van der Waals surface area contributed by atoms with E-state index in [1.54, 1.807) is 21.1 Å². The fraction of sp³-hybridized carbons (Fsp3) is 0.550. The number of esters is 2. The fourth-order valence-electron chi connectivity index (χ4n) is 6.55. The number of carbonyl (C=O) groups excluding carboxylic acids is 3. The summed E-state index contributed by atoms with van der Waals surface area (Å²) in [4.78, 5) is 37.1. The van der Waals surface area contributed by atoms with Gasteiger partial charge in [-0.05, 0) is 116 Å². The molecule has 0 aromatic carbocycles. The molecular weight excluding hydrogens is 847 g/mol. The van der Waals surface area contributed by atoms with Crippen LogP contribution in [0.25, 0.3) is 0 Å². The second-order valence-electron chi connectivity index (χ2n) is 17.6. The summed E-state index contributed by atoms with van der Waals surface area (Å²) < 4.78 is 17.2. The minimum atomic E-state index is -1.14. The van der Waals surface area contributed by atoms with Crippen LogP contribution in [-0.2, 0) is 28.6 Å². The molecule has 68 heavy (non-hydrogen) atoms. The van der Waals surface area contributed by atoms with Crippen LogP contribution in [0, 0.1) is 0 Å². The van der Waals surface area contributed by atoms with E-state index in [4.69, 9.17) is 14.2 Å². The monoisotopic (exact) mass is 940 g/mol. The highest BCUT2D eigenvalue weighted by Gasteiger charge is 2.25. The predicted molar refractivity (Wildman–Crippen MR) is 286 cm³/mol. The molecule has 0 N–H and O–H groups in total. The maximum absolute atomic E-state index is 12.8. The second kappa shape index (κ2) is 48.7. The van der Waals surface area contributed by atoms with E-state index in [0.717, 1.165) is 116 Å². The van der Waals surface area contributed by atoms with E-state index in [-0.39, 0.29) is 55.5 Å². The van der Waals surface area contributed by atoms with Crippen molar-refractivity contribution in [3.8, 4) is 0 Å². The lowest BCUT2D eigenvalue weighted by Crippen LogP contribution is -2.55. The number of allylic oxidation sites excluding steroid dienone is 24. The standard InChI is InChI=1S/C60H93NO7/c1-6-8-10-12-14-16-18-20-22-24-26-28-29-31-33-35-37-39-41-43-45-47-49-51-59(63)68-56(54-66-53-52-57(60(64)65)61(3,4)5)55-67-58(62)50-48-46-44-42-40-38-36-34-32-30-27-25-23-21-19-17-15-13-11-9-7-2/h8-11,14-17,20-23,26-28,30-31,33-34,36-37,39-40,42,56-57H,6-7,12-13,18-19,24-25,29,32,35,38,41,43-55H2,1-5H3/b10-8+,11-9+,16-14+,17-15+,22-20+,23-21+,28-26+,30-27+,33-31+,36-34+,39-37+,42-40+. The number of unbranched alkanes of at least 4 members (excludes halogenated alkanes) is 6. The molecule has 0 aromatic rings. The Morgan fingerprint density at radius 1 is 0.441 bits per heavy atom. The Kier molecular flexibility index (Phi) is 45.2. The molecule has 380 valence electrons. The third-order valence-corrected chi connectivity index (χ3v) is 10.5. The van der Waals surface area contributed by atoms with Crippen LogP contribution in [0.4, 0.5) is 0 Å². The van der Waals surface area contributed by atoms with Gasteiger partial charge in [0.1, 0.15) is 12.6 Å². The van der Waals surface area contributed by atoms with Crippen molar-refractivity contribution in [3.63, 3.8) is 0 Å². The summed E-state index contributed by atoms with van der Waals surface area (Å²) in [5.74, 6) is -1.85. The minimum absolute atomic E-state index is 0.00453. The summed E-state index contributed by atoms with van der Waals surface area (Å²) in [6.07, 6.45) is 71.7. The topological polar surface area (TPSA) is 102 Å². The van der Waals surface area contributed by atoms with Crippen LogP contribution in [0.1, 0.15) is 162 Å². The summed E-state index contributed by atoms with van der Waals surface area (Å²) >= 11 is 0. The molecule has 0 aliphatic carbocycles. The van der Waals surface area contributed by atoms with Crippen LogP contribution in [-0.4, -0.2) is 75.5 Å². The molecule has 0 aromatic heterocycles. The lowest BCUT2D eigenvalue weighted by molar-refractivity contribution is -0.889. The molecule has 0 heterocycles. The smallest absolute Gasteiger partial charge is 0.306 e. The first-order valence-electron chi connectivity index (χ1n) is 25.9. The van der Waals surface area contributed by atoms with Gasteiger partial charge in [-0.1, -0.05) is 173 Å². The van der Waals surface area contributed by atoms with Crippen LogP contribution < -0.4 is 5.11 Å². The molecule has 0 saturated carbocycles. The van der Waals surface area contributed by atoms with E-state index in [1.165, 1.54) is 0 Å². The third kappa shape index (κ3) is 46.3. The van der Waals surface area contributed by atoms with Crippen molar-refractivity contribution in [2.75, 3.05) is 41.0 Å². The van der Waals surface area contributed by atoms with Gasteiger partial charge < -0.3 is 28.6 Å². The van der Waals surface area contributed by atoms with E-state index < -0.39 is 18.1 Å². The molecule has 0 aliphatic heterocycles. The lowest BCUT2D eigenvalue weighted by atomic mass is 10.1. The van der Waals surface area contributed by atoms with Crippen molar-refractivity contribution in [2.24, 2.45) is 0 Å². The molecule has 0 fully saturated rings. The van der Waals surface area contributed by atoms with Gasteiger partial charge in [0.05, 0.1) is 40.3 Å². The fourth-order valence-corrected chi connectivity index (χ4v) is 6.55. The molecule has 0 radical (unpaired) electrons. The van der Waals surface area contributed by atoms with Crippen molar-refractivity contribution < 1.29 is 38.2 Å². The number of aliphatic carboxylic acids is 1. The Balaban J connectivity index is 4.43. The quantitative estimate of drug-likeness (QED) is 0.0259. The molecule has 0 rings (SSSR count). The summed E-state index contributed by atoms with van der Waals surface area (Å²) in [7, 11) is 5.37. The average molecular weight is 940 g/mol. The van der Waals surface area contributed by atoms with Gasteiger partial charge >= 0.3 is 11.9 Å². The van der Waals surface area contributed by atoms with Gasteiger partial charge in [-0.2, -0.15) is 0 Å². The molecule has 0 bridgehead atoms. The Morgan fingerprint density at radius 2 is 0.779 bits per heavy atom. The molecule has 0 saturated heterocycles. The zero-order chi connectivity index (χ0) is 49.9. The first-order chi connectivity index (χ1) is 33.1. The number of quaternary nitrogens is 1. The van der Waals surface area contributed by atoms with E-state index in [0.29, 0.717) is 12.8 Å². The minimum Gasteiger partial charge on any atom is -0.544 e. The van der Waals surface area contributed by atoms with Crippen LogP contribution in [0.15, 0.2) is 146 Å². The number of hydrogen-bond donors (Lipinski definition) is 0. The van der Waals surface area contributed by atoms with Crippen molar-refractivity contribution in [1.29, 1.82) is 0 Å². The number of rotatable bonds is 44. The Morgan fingerprint density at radius 3 is 1.16 bits per heavy atom. The van der Waals surface area contributed by atoms with Crippen LogP contribution in [0.2, 0.25) is 0 Å². The first-order valence-corrected chi connectivity index (χ1v) is 25.9. The first kappa shape index (κ1) is 63.2. The number of carbonyl (C=O) groups is 3. The van der Waals surface area contributed by atoms with Gasteiger partial charge in [0, 0.05) is 19.3 Å². The van der Waals surface area contributed by atoms with Gasteiger partial charge in [-0.25, -0.2) is 0 Å². The molecule has 2 atom stereocenters. The highest BCUT2D eigenvalue weighted by molar-refractivity contribution is 5.70. The zero-order valence-corrected chi connectivity index (χ0v) is 43.2. The maximum atomic E-state index is 12.8. The van der Waals surface area contributed by atoms with Crippen LogP contribution in [0.3, 0.4) is 0 Å². The zero-order valence-electron chi connectivity index (χ0n) is 43.2. The van der Waals surface area contributed by atoms with E-state index in [2.05, 4.69) is 160 Å².